The van der Waals surface area contributed by atoms with Crippen LogP contribution in [-0.2, 0) is 24.3 Å². The molecule has 3 aromatic heterocycles. The number of fused-ring (bicyclic) bond motifs is 2. The molecule has 5 rings (SSSR count). The van der Waals surface area contributed by atoms with E-state index in [-0.39, 0.29) is 48.9 Å². The predicted molar refractivity (Wildman–Crippen MR) is 120 cm³/mol. The molecule has 2 N–H and O–H groups in total. The highest BCUT2D eigenvalue weighted by molar-refractivity contribution is 5.98. The Kier molecular flexibility index (Phi) is 5.88. The van der Waals surface area contributed by atoms with Crippen molar-refractivity contribution in [2.24, 2.45) is 0 Å². The Labute approximate surface area is 198 Å². The highest BCUT2D eigenvalue weighted by Crippen LogP contribution is 2.24. The number of aromatic nitrogens is 4. The van der Waals surface area contributed by atoms with Gasteiger partial charge in [0.15, 0.2) is 17.2 Å². The number of halogens is 1. The van der Waals surface area contributed by atoms with Crippen molar-refractivity contribution in [2.45, 2.75) is 19.5 Å². The molecule has 176 valence electrons. The van der Waals surface area contributed by atoms with Crippen LogP contribution in [0.25, 0.3) is 5.65 Å². The smallest absolute Gasteiger partial charge is 0.270 e. The molecule has 0 saturated carbocycles. The monoisotopic (exact) mass is 474 g/mol. The molecule has 35 heavy (non-hydrogen) atoms. The molecule has 0 fully saturated rings. The second-order valence-electron chi connectivity index (χ2n) is 7.89. The van der Waals surface area contributed by atoms with E-state index < -0.39 is 17.6 Å². The number of hydrogen-bond donors (Lipinski definition) is 2. The van der Waals surface area contributed by atoms with Gasteiger partial charge in [0.25, 0.3) is 11.8 Å². The fraction of sp³-hybridized carbons (Fsp3) is 0.167. The fourth-order valence-corrected chi connectivity index (χ4v) is 3.69. The van der Waals surface area contributed by atoms with Crippen LogP contribution in [0, 0.1) is 5.82 Å². The maximum Gasteiger partial charge on any atom is 0.270 e. The van der Waals surface area contributed by atoms with Gasteiger partial charge in [0.05, 0.1) is 18.4 Å². The summed E-state index contributed by atoms with van der Waals surface area (Å²) in [6.45, 7) is 0.329. The van der Waals surface area contributed by atoms with Crippen LogP contribution in [0.5, 0.6) is 5.75 Å². The van der Waals surface area contributed by atoms with Crippen LogP contribution in [0.1, 0.15) is 37.8 Å². The number of amides is 2. The van der Waals surface area contributed by atoms with E-state index in [1.165, 1.54) is 6.07 Å². The van der Waals surface area contributed by atoms with E-state index in [4.69, 9.17) is 4.74 Å². The van der Waals surface area contributed by atoms with Crippen LogP contribution in [0.2, 0.25) is 0 Å². The third-order valence-corrected chi connectivity index (χ3v) is 5.40. The Morgan fingerprint density at radius 2 is 1.94 bits per heavy atom. The summed E-state index contributed by atoms with van der Waals surface area (Å²) in [5.41, 5.74) is 1.69. The molecule has 11 heteroatoms. The minimum Gasteiger partial charge on any atom is -0.486 e. The van der Waals surface area contributed by atoms with Crippen LogP contribution >= 0.6 is 0 Å². The van der Waals surface area contributed by atoms with Gasteiger partial charge in [0, 0.05) is 30.8 Å². The Bertz CT molecular complexity index is 1450. The minimum atomic E-state index is -0.766. The van der Waals surface area contributed by atoms with E-state index in [9.17, 15) is 18.8 Å². The lowest BCUT2D eigenvalue weighted by atomic mass is 10.0. The summed E-state index contributed by atoms with van der Waals surface area (Å²) in [5.74, 6) is -1.31. The Balaban J connectivity index is 1.34. The molecular formula is C24H19FN6O4. The number of rotatable bonds is 6. The van der Waals surface area contributed by atoms with Crippen molar-refractivity contribution in [3.05, 3.63) is 88.9 Å². The minimum absolute atomic E-state index is 0.0205. The zero-order valence-corrected chi connectivity index (χ0v) is 18.3. The topological polar surface area (TPSA) is 128 Å². The van der Waals surface area contributed by atoms with Gasteiger partial charge < -0.3 is 15.4 Å². The summed E-state index contributed by atoms with van der Waals surface area (Å²) in [4.78, 5) is 45.5. The third-order valence-electron chi connectivity index (χ3n) is 5.40. The Morgan fingerprint density at radius 1 is 1.09 bits per heavy atom. The van der Waals surface area contributed by atoms with Gasteiger partial charge >= 0.3 is 0 Å². The molecule has 0 unspecified atom stereocenters. The van der Waals surface area contributed by atoms with E-state index in [2.05, 4.69) is 25.7 Å². The van der Waals surface area contributed by atoms with Gasteiger partial charge in [0.1, 0.15) is 23.7 Å². The molecule has 10 nitrogen and oxygen atoms in total. The Hall–Kier alpha value is -4.67. The molecule has 0 spiro atoms. The zero-order chi connectivity index (χ0) is 24.4. The molecule has 1 aliphatic heterocycles. The molecular weight excluding hydrogens is 455 g/mol. The van der Waals surface area contributed by atoms with Crippen molar-refractivity contribution in [3.63, 3.8) is 0 Å². The van der Waals surface area contributed by atoms with Crippen molar-refractivity contribution in [1.29, 1.82) is 0 Å². The lowest BCUT2D eigenvalue weighted by Crippen LogP contribution is -2.29. The quantitative estimate of drug-likeness (QED) is 0.435. The van der Waals surface area contributed by atoms with Gasteiger partial charge in [-0.15, -0.1) is 0 Å². The molecule has 0 radical (unpaired) electrons. The molecule has 4 aromatic rings. The second-order valence-corrected chi connectivity index (χ2v) is 7.89. The molecule has 1 aromatic carbocycles. The maximum atomic E-state index is 14.3. The largest absolute Gasteiger partial charge is 0.486 e. The van der Waals surface area contributed by atoms with Crippen LogP contribution in [0.15, 0.2) is 54.9 Å². The number of carbonyl (C=O) groups is 3. The van der Waals surface area contributed by atoms with E-state index in [1.54, 1.807) is 42.6 Å². The number of nitrogens with zero attached hydrogens (tertiary/aromatic N) is 4. The van der Waals surface area contributed by atoms with Gasteiger partial charge in [-0.2, -0.15) is 5.10 Å². The lowest BCUT2D eigenvalue weighted by molar-refractivity contribution is -0.121. The number of ketones is 1. The first-order chi connectivity index (χ1) is 17.0. The third kappa shape index (κ3) is 4.69. The number of hydrogen-bond acceptors (Lipinski definition) is 7. The number of Topliss-reactive ketones (excluding diaryl/α,β-unsaturated/α-hetero) is 1. The summed E-state index contributed by atoms with van der Waals surface area (Å²) < 4.78 is 20.7. The van der Waals surface area contributed by atoms with Crippen LogP contribution < -0.4 is 15.4 Å². The van der Waals surface area contributed by atoms with Gasteiger partial charge in [-0.25, -0.2) is 13.9 Å². The second kappa shape index (κ2) is 9.29. The molecule has 0 atom stereocenters. The first-order valence-electron chi connectivity index (χ1n) is 10.7. The van der Waals surface area contributed by atoms with Crippen molar-refractivity contribution >= 4 is 23.2 Å². The highest BCUT2D eigenvalue weighted by atomic mass is 19.1. The normalized spacial score (nSPS) is 12.7. The summed E-state index contributed by atoms with van der Waals surface area (Å²) in [6, 6.07) is 11.9. The number of nitrogens with one attached hydrogen (secondary N) is 2. The number of pyridine rings is 1. The van der Waals surface area contributed by atoms with E-state index in [0.717, 1.165) is 21.8 Å². The number of ether oxygens (including phenoxy) is 1. The van der Waals surface area contributed by atoms with Gasteiger partial charge in [-0.1, -0.05) is 12.1 Å². The highest BCUT2D eigenvalue weighted by Gasteiger charge is 2.21. The Morgan fingerprint density at radius 3 is 2.77 bits per heavy atom. The molecule has 0 saturated heterocycles. The summed E-state index contributed by atoms with van der Waals surface area (Å²) in [7, 11) is 0. The molecule has 0 bridgehead atoms. The average molecular weight is 474 g/mol. The molecule has 0 aliphatic carbocycles. The molecule has 2 amide bonds. The van der Waals surface area contributed by atoms with Gasteiger partial charge in [0.2, 0.25) is 0 Å². The van der Waals surface area contributed by atoms with Gasteiger partial charge in [-0.3, -0.25) is 19.4 Å². The number of benzene rings is 1. The average Bonchev–Trinajstić information content (AvgIpc) is 3.26. The predicted octanol–water partition coefficient (Wildman–Crippen LogP) is 1.63. The zero-order valence-electron chi connectivity index (χ0n) is 18.3. The van der Waals surface area contributed by atoms with Crippen molar-refractivity contribution in [3.8, 4) is 5.75 Å². The summed E-state index contributed by atoms with van der Waals surface area (Å²) in [6.07, 6.45) is 2.80. The SMILES string of the molecule is O=C1COc2ccc(CNC(=O)c3cc(C(=O)NCc4ccccn4)n4ncc(F)c4n3)cc2C1. The van der Waals surface area contributed by atoms with E-state index in [1.807, 2.05) is 0 Å². The number of carbonyl (C=O) groups excluding carboxylic acids is 3. The first kappa shape index (κ1) is 22.1. The standard InChI is InChI=1S/C24H19FN6O4/c25-18-12-29-31-20(24(34)28-11-16-3-1-2-6-26-16)9-19(30-22(18)31)23(33)27-10-14-4-5-21-15(7-14)8-17(32)13-35-21/h1-7,9,12H,8,10-11,13H2,(H,27,33)(H,28,34). The van der Waals surface area contributed by atoms with Gasteiger partial charge in [-0.05, 0) is 29.8 Å². The lowest BCUT2D eigenvalue weighted by Gasteiger charge is -2.17. The summed E-state index contributed by atoms with van der Waals surface area (Å²) in [5, 5.41) is 9.27. The summed E-state index contributed by atoms with van der Waals surface area (Å²) >= 11 is 0. The first-order valence-corrected chi connectivity index (χ1v) is 10.7. The van der Waals surface area contributed by atoms with Crippen molar-refractivity contribution in [1.82, 2.24) is 30.2 Å². The maximum absolute atomic E-state index is 14.3. The van der Waals surface area contributed by atoms with E-state index in [0.29, 0.717) is 11.4 Å². The van der Waals surface area contributed by atoms with Crippen molar-refractivity contribution < 1.29 is 23.5 Å². The molecule has 1 aliphatic rings. The van der Waals surface area contributed by atoms with Crippen LogP contribution in [0.3, 0.4) is 0 Å². The van der Waals surface area contributed by atoms with Crippen LogP contribution in [0.4, 0.5) is 4.39 Å². The fourth-order valence-electron chi connectivity index (χ4n) is 3.69. The van der Waals surface area contributed by atoms with E-state index >= 15 is 0 Å². The molecule has 4 heterocycles. The van der Waals surface area contributed by atoms with Crippen LogP contribution in [-0.4, -0.2) is 43.8 Å². The van der Waals surface area contributed by atoms with Crippen molar-refractivity contribution in [2.75, 3.05) is 6.61 Å².